The number of alkyl halides is 1. The number of aromatic nitrogens is 2. The minimum absolute atomic E-state index is 0.221. The number of hydrogen-bond acceptors (Lipinski definition) is 4. The van der Waals surface area contributed by atoms with Gasteiger partial charge in [0.25, 0.3) is 5.91 Å². The second-order valence-electron chi connectivity index (χ2n) is 10.6. The van der Waals surface area contributed by atoms with Gasteiger partial charge in [-0.15, -0.1) is 0 Å². The summed E-state index contributed by atoms with van der Waals surface area (Å²) in [6, 6.07) is 11.6. The monoisotopic (exact) mass is 569 g/mol. The Morgan fingerprint density at radius 3 is 2.51 bits per heavy atom. The summed E-state index contributed by atoms with van der Waals surface area (Å²) in [5.41, 5.74) is 2.01. The first-order valence-corrected chi connectivity index (χ1v) is 14.0. The molecule has 2 fully saturated rings. The number of carbonyl (C=O) groups is 2. The third kappa shape index (κ3) is 6.24. The minimum atomic E-state index is -1.17. The van der Waals surface area contributed by atoms with Gasteiger partial charge in [-0.2, -0.15) is 0 Å². The summed E-state index contributed by atoms with van der Waals surface area (Å²) in [7, 11) is 0. The van der Waals surface area contributed by atoms with E-state index in [4.69, 9.17) is 0 Å². The largest absolute Gasteiger partial charge is 0.465 e. The highest BCUT2D eigenvalue weighted by Crippen LogP contribution is 2.37. The molecule has 1 saturated carbocycles. The molecule has 8 nitrogen and oxygen atoms in total. The van der Waals surface area contributed by atoms with Gasteiger partial charge in [0.05, 0.1) is 30.6 Å². The highest BCUT2D eigenvalue weighted by Gasteiger charge is 2.37. The number of imidazole rings is 1. The highest BCUT2D eigenvalue weighted by atomic mass is 19.1. The van der Waals surface area contributed by atoms with Crippen molar-refractivity contribution in [1.29, 1.82) is 0 Å². The standard InChI is InChI=1S/C30H34F3N5O3/c31-10-12-37(30(40)41)25-8-4-5-9-26(25)38-19-35-27(28(38)21-6-2-1-3-7-21)29(39)36-13-11-34-18-24(36)16-20-14-22(32)17-23(33)15-20/h1-3,6-7,14-15,17,19,24-26,34H,4-5,8-13,16,18H2,(H,40,41)/t24-,25+,26+/m1/s1. The Bertz CT molecular complexity index is 1350. The van der Waals surface area contributed by atoms with Crippen molar-refractivity contribution in [2.45, 2.75) is 50.2 Å². The van der Waals surface area contributed by atoms with Crippen LogP contribution < -0.4 is 5.32 Å². The second-order valence-corrected chi connectivity index (χ2v) is 10.6. The number of halogens is 3. The Kier molecular flexibility index (Phi) is 8.92. The zero-order valence-corrected chi connectivity index (χ0v) is 22.7. The molecule has 1 saturated heterocycles. The average Bonchev–Trinajstić information content (AvgIpc) is 3.41. The molecule has 11 heteroatoms. The summed E-state index contributed by atoms with van der Waals surface area (Å²) in [4.78, 5) is 33.7. The number of hydrogen-bond donors (Lipinski definition) is 2. The van der Waals surface area contributed by atoms with Gasteiger partial charge in [0, 0.05) is 37.3 Å². The van der Waals surface area contributed by atoms with Gasteiger partial charge >= 0.3 is 6.09 Å². The maximum Gasteiger partial charge on any atom is 0.407 e. The maximum absolute atomic E-state index is 14.2. The Hall–Kier alpha value is -3.86. The minimum Gasteiger partial charge on any atom is -0.465 e. The van der Waals surface area contributed by atoms with Crippen LogP contribution in [0, 0.1) is 11.6 Å². The van der Waals surface area contributed by atoms with Crippen molar-refractivity contribution in [3.63, 3.8) is 0 Å². The number of benzene rings is 2. The summed E-state index contributed by atoms with van der Waals surface area (Å²) < 4.78 is 43.1. The number of piperazine rings is 1. The summed E-state index contributed by atoms with van der Waals surface area (Å²) in [5.74, 6) is -1.65. The van der Waals surface area contributed by atoms with Crippen LogP contribution in [0.2, 0.25) is 0 Å². The first-order valence-electron chi connectivity index (χ1n) is 14.0. The smallest absolute Gasteiger partial charge is 0.407 e. The normalized spacial score (nSPS) is 21.0. The lowest BCUT2D eigenvalue weighted by Crippen LogP contribution is -2.54. The van der Waals surface area contributed by atoms with Crippen molar-refractivity contribution >= 4 is 12.0 Å². The molecule has 2 heterocycles. The van der Waals surface area contributed by atoms with Crippen LogP contribution in [0.3, 0.4) is 0 Å². The van der Waals surface area contributed by atoms with Crippen LogP contribution in [0.5, 0.6) is 0 Å². The predicted molar refractivity (Wildman–Crippen MR) is 147 cm³/mol. The lowest BCUT2D eigenvalue weighted by Gasteiger charge is -2.39. The maximum atomic E-state index is 14.2. The van der Waals surface area contributed by atoms with E-state index in [-0.39, 0.29) is 36.7 Å². The van der Waals surface area contributed by atoms with Crippen molar-refractivity contribution in [1.82, 2.24) is 24.7 Å². The Morgan fingerprint density at radius 1 is 1.07 bits per heavy atom. The van der Waals surface area contributed by atoms with Crippen molar-refractivity contribution in [3.05, 3.63) is 77.8 Å². The number of amides is 2. The molecule has 41 heavy (non-hydrogen) atoms. The van der Waals surface area contributed by atoms with E-state index in [0.717, 1.165) is 24.5 Å². The zero-order valence-electron chi connectivity index (χ0n) is 22.7. The zero-order chi connectivity index (χ0) is 28.9. The first kappa shape index (κ1) is 28.7. The molecular weight excluding hydrogens is 535 g/mol. The summed E-state index contributed by atoms with van der Waals surface area (Å²) in [6.07, 6.45) is 3.60. The third-order valence-electron chi connectivity index (χ3n) is 8.07. The molecular formula is C30H34F3N5O3. The molecule has 2 amide bonds. The van der Waals surface area contributed by atoms with E-state index in [1.807, 2.05) is 34.9 Å². The Morgan fingerprint density at radius 2 is 1.80 bits per heavy atom. The lowest BCUT2D eigenvalue weighted by atomic mass is 9.88. The lowest BCUT2D eigenvalue weighted by molar-refractivity contribution is 0.0630. The van der Waals surface area contributed by atoms with Crippen LogP contribution in [0.4, 0.5) is 18.0 Å². The van der Waals surface area contributed by atoms with Gasteiger partial charge < -0.3 is 24.8 Å². The molecule has 1 aromatic heterocycles. The SMILES string of the molecule is O=C(c1ncn([C@H]2CCCC[C@@H]2N(CCF)C(=O)O)c1-c1ccccc1)N1CCNC[C@H]1Cc1cc(F)cc(F)c1. The van der Waals surface area contributed by atoms with Gasteiger partial charge in [-0.3, -0.25) is 4.79 Å². The van der Waals surface area contributed by atoms with E-state index in [2.05, 4.69) is 10.3 Å². The number of carboxylic acid groups (broad SMARTS) is 1. The van der Waals surface area contributed by atoms with Crippen molar-refractivity contribution in [2.24, 2.45) is 0 Å². The molecule has 0 bridgehead atoms. The molecule has 218 valence electrons. The van der Waals surface area contributed by atoms with Crippen LogP contribution in [0.1, 0.15) is 47.8 Å². The van der Waals surface area contributed by atoms with E-state index in [0.29, 0.717) is 43.7 Å². The fourth-order valence-electron chi connectivity index (χ4n) is 6.27. The van der Waals surface area contributed by atoms with Crippen LogP contribution in [-0.2, 0) is 6.42 Å². The molecule has 0 radical (unpaired) electrons. The van der Waals surface area contributed by atoms with Crippen LogP contribution in [0.15, 0.2) is 54.9 Å². The van der Waals surface area contributed by atoms with E-state index in [9.17, 15) is 27.9 Å². The van der Waals surface area contributed by atoms with Gasteiger partial charge in [0.2, 0.25) is 0 Å². The third-order valence-corrected chi connectivity index (χ3v) is 8.07. The number of carbonyl (C=O) groups excluding carboxylic acids is 1. The van der Waals surface area contributed by atoms with Crippen LogP contribution in [0.25, 0.3) is 11.3 Å². The predicted octanol–water partition coefficient (Wildman–Crippen LogP) is 4.92. The number of rotatable bonds is 8. The Labute approximate surface area is 236 Å². The van der Waals surface area contributed by atoms with E-state index >= 15 is 0 Å². The quantitative estimate of drug-likeness (QED) is 0.402. The molecule has 2 N–H and O–H groups in total. The van der Waals surface area contributed by atoms with Gasteiger partial charge in [0.15, 0.2) is 5.69 Å². The Balaban J connectivity index is 1.52. The number of nitrogens with one attached hydrogen (secondary N) is 1. The van der Waals surface area contributed by atoms with Gasteiger partial charge in [0.1, 0.15) is 18.3 Å². The van der Waals surface area contributed by atoms with Crippen LogP contribution in [-0.4, -0.2) is 81.4 Å². The van der Waals surface area contributed by atoms with Gasteiger partial charge in [-0.05, 0) is 37.0 Å². The van der Waals surface area contributed by atoms with Gasteiger partial charge in [-0.1, -0.05) is 43.2 Å². The summed E-state index contributed by atoms with van der Waals surface area (Å²) in [6.45, 7) is 0.391. The van der Waals surface area contributed by atoms with E-state index in [1.165, 1.54) is 17.0 Å². The van der Waals surface area contributed by atoms with Crippen molar-refractivity contribution in [2.75, 3.05) is 32.9 Å². The first-order chi connectivity index (χ1) is 19.9. The van der Waals surface area contributed by atoms with E-state index in [1.54, 1.807) is 11.2 Å². The van der Waals surface area contributed by atoms with Gasteiger partial charge in [-0.25, -0.2) is 22.9 Å². The van der Waals surface area contributed by atoms with Crippen molar-refractivity contribution < 1.29 is 27.9 Å². The topological polar surface area (TPSA) is 90.7 Å². The molecule has 0 unspecified atom stereocenters. The molecule has 1 aliphatic carbocycles. The van der Waals surface area contributed by atoms with Crippen LogP contribution >= 0.6 is 0 Å². The van der Waals surface area contributed by atoms with E-state index < -0.39 is 30.4 Å². The fraction of sp³-hybridized carbons (Fsp3) is 0.433. The molecule has 3 atom stereocenters. The molecule has 3 aromatic rings. The summed E-state index contributed by atoms with van der Waals surface area (Å²) >= 11 is 0. The molecule has 2 aliphatic rings. The average molecular weight is 570 g/mol. The summed E-state index contributed by atoms with van der Waals surface area (Å²) in [5, 5.41) is 13.1. The molecule has 5 rings (SSSR count). The van der Waals surface area contributed by atoms with Crippen molar-refractivity contribution in [3.8, 4) is 11.3 Å². The molecule has 2 aromatic carbocycles. The molecule has 1 aliphatic heterocycles. The second kappa shape index (κ2) is 12.8. The number of nitrogens with zero attached hydrogens (tertiary/aromatic N) is 4. The molecule has 0 spiro atoms. The highest BCUT2D eigenvalue weighted by molar-refractivity contribution is 5.98. The fourth-order valence-corrected chi connectivity index (χ4v) is 6.27.